The fourth-order valence-electron chi connectivity index (χ4n) is 2.00. The number of rotatable bonds is 2. The Hall–Kier alpha value is -0.820. The van der Waals surface area contributed by atoms with Crippen molar-refractivity contribution in [1.82, 2.24) is 0 Å². The average Bonchev–Trinajstić information content (AvgIpc) is 2.49. The summed E-state index contributed by atoms with van der Waals surface area (Å²) >= 11 is 6.05. The van der Waals surface area contributed by atoms with Gasteiger partial charge in [-0.3, -0.25) is 0 Å². The largest absolute Gasteiger partial charge is 0.303 e. The molecule has 0 aliphatic heterocycles. The van der Waals surface area contributed by atoms with E-state index in [9.17, 15) is 4.79 Å². The number of carbonyl (C=O) groups excluding carboxylic acids is 1. The Morgan fingerprint density at radius 3 is 3.00 bits per heavy atom. The van der Waals surface area contributed by atoms with Crippen molar-refractivity contribution in [2.24, 2.45) is 5.92 Å². The lowest BCUT2D eigenvalue weighted by molar-refractivity contribution is -0.108. The standard InChI is InChI=1S/C11H11ClO/c12-11-3-1-2-9-6-8(4-5-13)7-10(9)11/h1-3,5,8H,4,6-7H2. The van der Waals surface area contributed by atoms with Crippen LogP contribution in [0.5, 0.6) is 0 Å². The number of fused-ring (bicyclic) bond motifs is 1. The van der Waals surface area contributed by atoms with Crippen LogP contribution in [-0.4, -0.2) is 6.29 Å². The van der Waals surface area contributed by atoms with Crippen LogP contribution in [0.3, 0.4) is 0 Å². The third-order valence-electron chi connectivity index (χ3n) is 2.65. The second kappa shape index (κ2) is 3.51. The zero-order valence-corrected chi connectivity index (χ0v) is 8.05. The van der Waals surface area contributed by atoms with Crippen molar-refractivity contribution in [3.63, 3.8) is 0 Å². The predicted octanol–water partition coefficient (Wildman–Crippen LogP) is 2.64. The number of benzene rings is 1. The normalized spacial score (nSPS) is 19.9. The van der Waals surface area contributed by atoms with Gasteiger partial charge in [-0.15, -0.1) is 0 Å². The third kappa shape index (κ3) is 1.61. The number of carbonyl (C=O) groups is 1. The van der Waals surface area contributed by atoms with Crippen molar-refractivity contribution in [2.75, 3.05) is 0 Å². The van der Waals surface area contributed by atoms with E-state index in [1.807, 2.05) is 12.1 Å². The van der Waals surface area contributed by atoms with Crippen LogP contribution < -0.4 is 0 Å². The molecule has 0 N–H and O–H groups in total. The van der Waals surface area contributed by atoms with Gasteiger partial charge in [-0.1, -0.05) is 23.7 Å². The monoisotopic (exact) mass is 194 g/mol. The molecule has 1 unspecified atom stereocenters. The summed E-state index contributed by atoms with van der Waals surface area (Å²) in [5, 5.41) is 0.853. The Morgan fingerprint density at radius 2 is 2.31 bits per heavy atom. The smallest absolute Gasteiger partial charge is 0.120 e. The Kier molecular flexibility index (Phi) is 2.36. The summed E-state index contributed by atoms with van der Waals surface area (Å²) in [6.07, 6.45) is 3.64. The molecule has 1 atom stereocenters. The van der Waals surface area contributed by atoms with Crippen molar-refractivity contribution >= 4 is 17.9 Å². The average molecular weight is 195 g/mol. The zero-order valence-electron chi connectivity index (χ0n) is 7.29. The molecule has 0 saturated heterocycles. The lowest BCUT2D eigenvalue weighted by atomic mass is 10.0. The Balaban J connectivity index is 2.24. The highest BCUT2D eigenvalue weighted by molar-refractivity contribution is 6.31. The molecule has 0 saturated carbocycles. The minimum Gasteiger partial charge on any atom is -0.303 e. The molecule has 2 rings (SSSR count). The van der Waals surface area contributed by atoms with Crippen molar-refractivity contribution in [3.8, 4) is 0 Å². The van der Waals surface area contributed by atoms with Gasteiger partial charge < -0.3 is 4.79 Å². The highest BCUT2D eigenvalue weighted by Crippen LogP contribution is 2.32. The van der Waals surface area contributed by atoms with E-state index < -0.39 is 0 Å². The fourth-order valence-corrected chi connectivity index (χ4v) is 2.27. The molecule has 1 nitrogen and oxygen atoms in total. The quantitative estimate of drug-likeness (QED) is 0.662. The molecule has 2 heteroatoms. The minimum atomic E-state index is 0.479. The van der Waals surface area contributed by atoms with Gasteiger partial charge in [0.25, 0.3) is 0 Å². The molecule has 68 valence electrons. The van der Waals surface area contributed by atoms with E-state index in [1.54, 1.807) is 0 Å². The molecule has 0 amide bonds. The first kappa shape index (κ1) is 8.76. The van der Waals surface area contributed by atoms with E-state index in [0.29, 0.717) is 12.3 Å². The van der Waals surface area contributed by atoms with Gasteiger partial charge in [0, 0.05) is 11.4 Å². The van der Waals surface area contributed by atoms with E-state index in [0.717, 1.165) is 24.2 Å². The van der Waals surface area contributed by atoms with Crippen molar-refractivity contribution in [3.05, 3.63) is 34.3 Å². The van der Waals surface area contributed by atoms with E-state index in [-0.39, 0.29) is 0 Å². The van der Waals surface area contributed by atoms with Crippen LogP contribution in [0, 0.1) is 5.92 Å². The summed E-state index contributed by atoms with van der Waals surface area (Å²) in [4.78, 5) is 10.4. The molecule has 1 aliphatic rings. The van der Waals surface area contributed by atoms with Crippen LogP contribution in [0.1, 0.15) is 17.5 Å². The fraction of sp³-hybridized carbons (Fsp3) is 0.364. The predicted molar refractivity (Wildman–Crippen MR) is 53.0 cm³/mol. The molecule has 13 heavy (non-hydrogen) atoms. The maximum atomic E-state index is 10.4. The minimum absolute atomic E-state index is 0.479. The number of hydrogen-bond donors (Lipinski definition) is 0. The molecule has 1 aliphatic carbocycles. The molecule has 0 radical (unpaired) electrons. The van der Waals surface area contributed by atoms with Crippen LogP contribution in [-0.2, 0) is 17.6 Å². The molecule has 0 heterocycles. The number of hydrogen-bond acceptors (Lipinski definition) is 1. The van der Waals surface area contributed by atoms with E-state index >= 15 is 0 Å². The first-order valence-corrected chi connectivity index (χ1v) is 4.89. The van der Waals surface area contributed by atoms with Gasteiger partial charge in [0.2, 0.25) is 0 Å². The summed E-state index contributed by atoms with van der Waals surface area (Å²) in [6, 6.07) is 6.00. The van der Waals surface area contributed by atoms with E-state index in [4.69, 9.17) is 11.6 Å². The van der Waals surface area contributed by atoms with Crippen LogP contribution in [0.2, 0.25) is 5.02 Å². The zero-order chi connectivity index (χ0) is 9.26. The molecule has 0 aromatic heterocycles. The van der Waals surface area contributed by atoms with Gasteiger partial charge in [0.1, 0.15) is 6.29 Å². The summed E-state index contributed by atoms with van der Waals surface area (Å²) in [7, 11) is 0. The van der Waals surface area contributed by atoms with Gasteiger partial charge >= 0.3 is 0 Å². The number of aldehydes is 1. The Morgan fingerprint density at radius 1 is 1.46 bits per heavy atom. The summed E-state index contributed by atoms with van der Waals surface area (Å²) in [5.41, 5.74) is 2.57. The highest BCUT2D eigenvalue weighted by Gasteiger charge is 2.22. The summed E-state index contributed by atoms with van der Waals surface area (Å²) < 4.78 is 0. The summed E-state index contributed by atoms with van der Waals surface area (Å²) in [5.74, 6) is 0.479. The maximum Gasteiger partial charge on any atom is 0.120 e. The van der Waals surface area contributed by atoms with Crippen LogP contribution in [0.4, 0.5) is 0 Å². The highest BCUT2D eigenvalue weighted by atomic mass is 35.5. The van der Waals surface area contributed by atoms with E-state index in [1.165, 1.54) is 11.1 Å². The second-order valence-electron chi connectivity index (χ2n) is 3.55. The first-order valence-electron chi connectivity index (χ1n) is 4.51. The van der Waals surface area contributed by atoms with Crippen LogP contribution >= 0.6 is 11.6 Å². The van der Waals surface area contributed by atoms with Crippen molar-refractivity contribution < 1.29 is 4.79 Å². The van der Waals surface area contributed by atoms with Crippen molar-refractivity contribution in [1.29, 1.82) is 0 Å². The van der Waals surface area contributed by atoms with Gasteiger partial charge in [-0.05, 0) is 36.0 Å². The van der Waals surface area contributed by atoms with E-state index in [2.05, 4.69) is 6.07 Å². The number of halogens is 1. The van der Waals surface area contributed by atoms with Gasteiger partial charge in [0.05, 0.1) is 0 Å². The van der Waals surface area contributed by atoms with Crippen LogP contribution in [0.15, 0.2) is 18.2 Å². The Bertz CT molecular complexity index is 333. The lowest BCUT2D eigenvalue weighted by Gasteiger charge is -2.01. The van der Waals surface area contributed by atoms with Gasteiger partial charge in [-0.2, -0.15) is 0 Å². The molecule has 1 aromatic carbocycles. The van der Waals surface area contributed by atoms with Crippen molar-refractivity contribution in [2.45, 2.75) is 19.3 Å². The molecule has 1 aromatic rings. The lowest BCUT2D eigenvalue weighted by Crippen LogP contribution is -1.99. The Labute approximate surface area is 82.7 Å². The third-order valence-corrected chi connectivity index (χ3v) is 3.00. The van der Waals surface area contributed by atoms with Gasteiger partial charge in [-0.25, -0.2) is 0 Å². The molecule has 0 fully saturated rings. The molecule has 0 bridgehead atoms. The van der Waals surface area contributed by atoms with Crippen LogP contribution in [0.25, 0.3) is 0 Å². The SMILES string of the molecule is O=CCC1Cc2cccc(Cl)c2C1. The summed E-state index contributed by atoms with van der Waals surface area (Å²) in [6.45, 7) is 0. The van der Waals surface area contributed by atoms with Gasteiger partial charge in [0.15, 0.2) is 0 Å². The molecular weight excluding hydrogens is 184 g/mol. The first-order chi connectivity index (χ1) is 6.31. The maximum absolute atomic E-state index is 10.4. The molecule has 0 spiro atoms. The molecular formula is C11H11ClO. The topological polar surface area (TPSA) is 17.1 Å². The second-order valence-corrected chi connectivity index (χ2v) is 3.96.